The summed E-state index contributed by atoms with van der Waals surface area (Å²) >= 11 is 3.03. The third-order valence-corrected chi connectivity index (χ3v) is 8.99. The summed E-state index contributed by atoms with van der Waals surface area (Å²) in [6.45, 7) is 8.94. The molecule has 33 heavy (non-hydrogen) atoms. The molecule has 0 bridgehead atoms. The van der Waals surface area contributed by atoms with Crippen molar-refractivity contribution < 1.29 is 4.79 Å². The molecule has 1 aromatic carbocycles. The normalized spacial score (nSPS) is 22.1. The molecule has 0 spiro atoms. The van der Waals surface area contributed by atoms with Crippen LogP contribution in [0.3, 0.4) is 0 Å². The molecule has 1 saturated carbocycles. The maximum Gasteiger partial charge on any atom is 0.279 e. The number of allylic oxidation sites excluding steroid dienone is 1. The van der Waals surface area contributed by atoms with Gasteiger partial charge in [0.25, 0.3) is 11.5 Å². The number of thiazole rings is 1. The fourth-order valence-corrected chi connectivity index (χ4v) is 7.49. The Labute approximate surface area is 201 Å². The van der Waals surface area contributed by atoms with Gasteiger partial charge in [-0.1, -0.05) is 49.2 Å². The zero-order chi connectivity index (χ0) is 23.1. The minimum Gasteiger partial charge on any atom is -0.334 e. The van der Waals surface area contributed by atoms with Crippen LogP contribution >= 0.6 is 23.1 Å². The van der Waals surface area contributed by atoms with Gasteiger partial charge < -0.3 is 4.90 Å². The van der Waals surface area contributed by atoms with Gasteiger partial charge in [0.2, 0.25) is 0 Å². The van der Waals surface area contributed by atoms with Crippen LogP contribution < -0.4 is 19.7 Å². The molecule has 5 rings (SSSR count). The number of para-hydroxylation sites is 1. The molecule has 2 aliphatic heterocycles. The van der Waals surface area contributed by atoms with Crippen LogP contribution in [0.2, 0.25) is 0 Å². The zero-order valence-electron chi connectivity index (χ0n) is 19.0. The molecule has 1 amide bonds. The molecule has 0 saturated heterocycles. The maximum absolute atomic E-state index is 13.6. The van der Waals surface area contributed by atoms with Crippen molar-refractivity contribution in [3.8, 4) is 0 Å². The van der Waals surface area contributed by atoms with E-state index in [1.54, 1.807) is 27.4 Å². The molecule has 0 N–H and O–H groups in total. The van der Waals surface area contributed by atoms with Crippen molar-refractivity contribution in [2.24, 2.45) is 5.10 Å². The van der Waals surface area contributed by atoms with E-state index in [0.717, 1.165) is 47.8 Å². The van der Waals surface area contributed by atoms with Gasteiger partial charge >= 0.3 is 0 Å². The van der Waals surface area contributed by atoms with Gasteiger partial charge in [0.1, 0.15) is 14.2 Å². The standard InChI is InChI=1S/C25H28N4O2S2/c1-4-15-28-23(31)21(25-27(5-2)18-13-9-10-14-19(18)32-25)33-24(28)20-16(3)26-29(22(20)30)17-11-7-6-8-12-17/h4,9-10,13-14,17H,1,5-8,11-12,15H2,2-3H3/b24-20+,25-21-. The number of fused-ring (bicyclic) bond motifs is 1. The lowest BCUT2D eigenvalue weighted by atomic mass is 9.95. The second-order valence-electron chi connectivity index (χ2n) is 8.56. The molecule has 0 unspecified atom stereocenters. The average Bonchev–Trinajstić information content (AvgIpc) is 3.45. The van der Waals surface area contributed by atoms with Crippen LogP contribution in [-0.2, 0) is 11.3 Å². The van der Waals surface area contributed by atoms with Gasteiger partial charge in [-0.05, 0) is 38.8 Å². The van der Waals surface area contributed by atoms with Gasteiger partial charge in [-0.3, -0.25) is 14.2 Å². The molecular formula is C25H28N4O2S2. The lowest BCUT2D eigenvalue weighted by Crippen LogP contribution is -2.38. The van der Waals surface area contributed by atoms with Crippen LogP contribution in [0.25, 0.3) is 10.6 Å². The van der Waals surface area contributed by atoms with E-state index in [1.165, 1.54) is 17.8 Å². The van der Waals surface area contributed by atoms with Crippen molar-refractivity contribution in [3.63, 3.8) is 0 Å². The lowest BCUT2D eigenvalue weighted by molar-refractivity contribution is -0.126. The van der Waals surface area contributed by atoms with E-state index in [-0.39, 0.29) is 17.5 Å². The van der Waals surface area contributed by atoms with Crippen molar-refractivity contribution in [2.45, 2.75) is 63.4 Å². The third-order valence-electron chi connectivity index (χ3n) is 6.49. The molecule has 172 valence electrons. The molecule has 6 nitrogen and oxygen atoms in total. The summed E-state index contributed by atoms with van der Waals surface area (Å²) in [6.07, 6.45) is 7.17. The minimum absolute atomic E-state index is 0.0760. The highest BCUT2D eigenvalue weighted by atomic mass is 32.2. The first-order chi connectivity index (χ1) is 16.0. The Morgan fingerprint density at radius 1 is 1.18 bits per heavy atom. The Balaban J connectivity index is 1.70. The summed E-state index contributed by atoms with van der Waals surface area (Å²) in [5.41, 5.74) is 2.29. The summed E-state index contributed by atoms with van der Waals surface area (Å²) in [5.74, 6) is -0.0790. The highest BCUT2D eigenvalue weighted by Gasteiger charge is 2.35. The molecule has 3 aliphatic rings. The van der Waals surface area contributed by atoms with E-state index < -0.39 is 0 Å². The number of hydrogen-bond acceptors (Lipinski definition) is 6. The molecule has 8 heteroatoms. The number of carbonyl (C=O) groups is 1. The number of hydrogen-bond donors (Lipinski definition) is 0. The predicted octanol–water partition coefficient (Wildman–Crippen LogP) is 3.50. The number of nitrogens with zero attached hydrogens (tertiary/aromatic N) is 4. The molecule has 1 aromatic heterocycles. The summed E-state index contributed by atoms with van der Waals surface area (Å²) in [6, 6.07) is 8.37. The number of rotatable bonds is 4. The minimum atomic E-state index is -0.0790. The Kier molecular flexibility index (Phi) is 6.05. The van der Waals surface area contributed by atoms with E-state index in [1.807, 2.05) is 19.1 Å². The van der Waals surface area contributed by atoms with Crippen molar-refractivity contribution in [2.75, 3.05) is 11.4 Å². The molecule has 1 fully saturated rings. The Bertz CT molecular complexity index is 1330. The molecule has 1 aliphatic carbocycles. The van der Waals surface area contributed by atoms with Gasteiger partial charge in [0.15, 0.2) is 0 Å². The van der Waals surface area contributed by atoms with Gasteiger partial charge in [0.05, 0.1) is 23.0 Å². The fourth-order valence-electron chi connectivity index (χ4n) is 4.89. The monoisotopic (exact) mass is 480 g/mol. The van der Waals surface area contributed by atoms with Crippen LogP contribution in [0, 0.1) is 0 Å². The number of anilines is 1. The third kappa shape index (κ3) is 3.69. The highest BCUT2D eigenvalue weighted by molar-refractivity contribution is 8.08. The van der Waals surface area contributed by atoms with Gasteiger partial charge in [-0.15, -0.1) is 17.9 Å². The smallest absolute Gasteiger partial charge is 0.279 e. The summed E-state index contributed by atoms with van der Waals surface area (Å²) in [7, 11) is 0. The van der Waals surface area contributed by atoms with Crippen LogP contribution in [0.4, 0.5) is 5.69 Å². The molecule has 0 radical (unpaired) electrons. The first-order valence-corrected chi connectivity index (χ1v) is 13.2. The van der Waals surface area contributed by atoms with E-state index in [2.05, 4.69) is 35.6 Å². The van der Waals surface area contributed by atoms with E-state index >= 15 is 0 Å². The van der Waals surface area contributed by atoms with Crippen LogP contribution in [-0.4, -0.2) is 33.8 Å². The van der Waals surface area contributed by atoms with Crippen molar-refractivity contribution in [3.05, 3.63) is 56.5 Å². The van der Waals surface area contributed by atoms with Crippen LogP contribution in [0.5, 0.6) is 0 Å². The highest BCUT2D eigenvalue weighted by Crippen LogP contribution is 2.45. The first kappa shape index (κ1) is 22.2. The Morgan fingerprint density at radius 3 is 2.67 bits per heavy atom. The van der Waals surface area contributed by atoms with Crippen molar-refractivity contribution in [1.29, 1.82) is 0 Å². The molecule has 0 atom stereocenters. The topological polar surface area (TPSA) is 57.9 Å². The molecular weight excluding hydrogens is 452 g/mol. The number of benzene rings is 1. The number of hydrazone groups is 1. The molecule has 2 aromatic rings. The zero-order valence-corrected chi connectivity index (χ0v) is 20.7. The largest absolute Gasteiger partial charge is 0.334 e. The number of aromatic nitrogens is 1. The summed E-state index contributed by atoms with van der Waals surface area (Å²) in [4.78, 5) is 30.5. The van der Waals surface area contributed by atoms with E-state index in [4.69, 9.17) is 0 Å². The number of amides is 1. The quantitative estimate of drug-likeness (QED) is 0.629. The van der Waals surface area contributed by atoms with Crippen molar-refractivity contribution >= 4 is 51.0 Å². The number of carbonyl (C=O) groups excluding carboxylic acids is 1. The SMILES string of the molecule is C=CCn1c(=O)/c(=C2/Sc3ccccc3N2CC)s/c1=C1/C(=O)N(C2CCCCC2)N=C1C. The first-order valence-electron chi connectivity index (χ1n) is 11.6. The molecule has 3 heterocycles. The summed E-state index contributed by atoms with van der Waals surface area (Å²) in [5, 5.41) is 7.27. The second-order valence-corrected chi connectivity index (χ2v) is 10.6. The van der Waals surface area contributed by atoms with Crippen LogP contribution in [0.1, 0.15) is 46.0 Å². The number of thioether (sulfide) groups is 1. The predicted molar refractivity (Wildman–Crippen MR) is 137 cm³/mol. The maximum atomic E-state index is 13.6. The fraction of sp³-hybridized carbons (Fsp3) is 0.400. The van der Waals surface area contributed by atoms with E-state index in [0.29, 0.717) is 27.0 Å². The lowest BCUT2D eigenvalue weighted by Gasteiger charge is -2.27. The summed E-state index contributed by atoms with van der Waals surface area (Å²) < 4.78 is 3.03. The van der Waals surface area contributed by atoms with E-state index in [9.17, 15) is 9.59 Å². The average molecular weight is 481 g/mol. The van der Waals surface area contributed by atoms with Crippen molar-refractivity contribution in [1.82, 2.24) is 9.58 Å². The van der Waals surface area contributed by atoms with Gasteiger partial charge in [0, 0.05) is 18.0 Å². The second kappa shape index (κ2) is 8.99. The van der Waals surface area contributed by atoms with Gasteiger partial charge in [-0.25, -0.2) is 5.01 Å². The van der Waals surface area contributed by atoms with Gasteiger partial charge in [-0.2, -0.15) is 5.10 Å². The Morgan fingerprint density at radius 2 is 1.94 bits per heavy atom. The van der Waals surface area contributed by atoms with Crippen LogP contribution in [0.15, 0.2) is 51.7 Å². The Hall–Kier alpha value is -2.58.